The van der Waals surface area contributed by atoms with Crippen LogP contribution in [0.3, 0.4) is 0 Å². The van der Waals surface area contributed by atoms with Crippen LogP contribution in [0.1, 0.15) is 0 Å². The molecule has 0 aliphatic carbocycles. The van der Waals surface area contributed by atoms with Crippen LogP contribution in [0, 0.1) is 6.20 Å². The quantitative estimate of drug-likeness (QED) is 0.337. The summed E-state index contributed by atoms with van der Waals surface area (Å²) in [6.07, 6.45) is 2.63. The Labute approximate surface area is 99.6 Å². The number of hydrogen-bond donors (Lipinski definition) is 0. The van der Waals surface area contributed by atoms with Gasteiger partial charge in [-0.3, -0.25) is 0 Å². The molecule has 0 unspecified atom stereocenters. The minimum Gasteiger partial charge on any atom is -1.00 e. The maximum atomic E-state index is 5.45. The summed E-state index contributed by atoms with van der Waals surface area (Å²) in [5.41, 5.74) is 0. The zero-order chi connectivity index (χ0) is 5.98. The van der Waals surface area contributed by atoms with Gasteiger partial charge >= 0.3 is 23.1 Å². The molecule has 0 aromatic carbocycles. The Hall–Kier alpha value is 1.17. The van der Waals surface area contributed by atoms with E-state index in [9.17, 15) is 0 Å². The molecule has 1 aromatic rings. The van der Waals surface area contributed by atoms with Crippen LogP contribution >= 0.6 is 27.5 Å². The van der Waals surface area contributed by atoms with Crippen LogP contribution in [0.5, 0.6) is 0 Å². The Morgan fingerprint density at radius 3 is 2.40 bits per heavy atom. The molecule has 0 bridgehead atoms. The average Bonchev–Trinajstić information content (AvgIpc) is 1.77. The van der Waals surface area contributed by atoms with Crippen molar-refractivity contribution in [2.75, 3.05) is 0 Å². The van der Waals surface area contributed by atoms with Crippen molar-refractivity contribution < 1.29 is 17.0 Å². The number of halogens is 3. The molecular weight excluding hydrogens is 294 g/mol. The molecule has 1 rings (SSSR count). The van der Waals surface area contributed by atoms with E-state index in [1.165, 1.54) is 0 Å². The molecule has 0 saturated heterocycles. The SMILES string of the molecule is Clc1ccc(Br)[c-]n1.[Br-].[Mg+2]. The van der Waals surface area contributed by atoms with Crippen LogP contribution in [0.25, 0.3) is 0 Å². The summed E-state index contributed by atoms with van der Waals surface area (Å²) >= 11 is 8.62. The van der Waals surface area contributed by atoms with Crippen LogP contribution in [0.15, 0.2) is 16.6 Å². The fraction of sp³-hybridized carbons (Fsp3) is 0. The third-order valence-corrected chi connectivity index (χ3v) is 1.29. The first-order chi connectivity index (χ1) is 3.79. The molecule has 0 aliphatic rings. The van der Waals surface area contributed by atoms with Crippen molar-refractivity contribution >= 4 is 50.6 Å². The number of aromatic nitrogens is 1. The van der Waals surface area contributed by atoms with Gasteiger partial charge < -0.3 is 22.0 Å². The van der Waals surface area contributed by atoms with Crippen molar-refractivity contribution in [2.24, 2.45) is 0 Å². The molecule has 10 heavy (non-hydrogen) atoms. The molecule has 50 valence electrons. The molecule has 1 heterocycles. The van der Waals surface area contributed by atoms with Gasteiger partial charge in [0.25, 0.3) is 0 Å². The first-order valence-electron chi connectivity index (χ1n) is 1.99. The Morgan fingerprint density at radius 1 is 1.50 bits per heavy atom. The number of pyridine rings is 1. The van der Waals surface area contributed by atoms with Gasteiger partial charge in [-0.2, -0.15) is 6.07 Å². The zero-order valence-corrected chi connectivity index (χ0v) is 10.3. The van der Waals surface area contributed by atoms with Gasteiger partial charge in [0.2, 0.25) is 0 Å². The summed E-state index contributed by atoms with van der Waals surface area (Å²) in [6, 6.07) is 3.48. The van der Waals surface area contributed by atoms with Crippen molar-refractivity contribution in [2.45, 2.75) is 0 Å². The van der Waals surface area contributed by atoms with Gasteiger partial charge in [0, 0.05) is 5.15 Å². The zero-order valence-electron chi connectivity index (χ0n) is 4.94. The monoisotopic (exact) mass is 293 g/mol. The molecule has 0 N–H and O–H groups in total. The molecule has 5 heteroatoms. The number of rotatable bonds is 0. The fourth-order valence-corrected chi connectivity index (χ4v) is 0.649. The van der Waals surface area contributed by atoms with Crippen molar-refractivity contribution in [3.63, 3.8) is 0 Å². The van der Waals surface area contributed by atoms with Crippen LogP contribution in [0.2, 0.25) is 5.15 Å². The molecule has 0 radical (unpaired) electrons. The van der Waals surface area contributed by atoms with Crippen LogP contribution in [0.4, 0.5) is 0 Å². The maximum absolute atomic E-state index is 5.45. The molecule has 0 atom stereocenters. The first-order valence-corrected chi connectivity index (χ1v) is 3.16. The number of hydrogen-bond acceptors (Lipinski definition) is 1. The summed E-state index contributed by atoms with van der Waals surface area (Å²) in [5, 5.41) is 0.466. The third kappa shape index (κ3) is 4.90. The minimum absolute atomic E-state index is 0. The molecule has 1 aromatic heterocycles. The Kier molecular flexibility index (Phi) is 9.41. The van der Waals surface area contributed by atoms with E-state index in [2.05, 4.69) is 27.1 Å². The van der Waals surface area contributed by atoms with Crippen molar-refractivity contribution in [3.05, 3.63) is 28.0 Å². The second-order valence-electron chi connectivity index (χ2n) is 1.23. The Bertz CT molecular complexity index is 159. The van der Waals surface area contributed by atoms with Gasteiger partial charge in [-0.05, 0) is 0 Å². The van der Waals surface area contributed by atoms with Gasteiger partial charge in [-0.15, -0.1) is 17.7 Å². The number of nitrogens with zero attached hydrogens (tertiary/aromatic N) is 1. The second kappa shape index (κ2) is 6.85. The smallest absolute Gasteiger partial charge is 1.00 e. The molecule has 0 spiro atoms. The summed E-state index contributed by atoms with van der Waals surface area (Å²) in [4.78, 5) is 3.67. The Balaban J connectivity index is 0. The van der Waals surface area contributed by atoms with E-state index in [0.29, 0.717) is 5.15 Å². The van der Waals surface area contributed by atoms with Crippen molar-refractivity contribution in [1.29, 1.82) is 0 Å². The van der Waals surface area contributed by atoms with E-state index < -0.39 is 0 Å². The van der Waals surface area contributed by atoms with E-state index in [1.807, 2.05) is 0 Å². The summed E-state index contributed by atoms with van der Waals surface area (Å²) in [7, 11) is 0. The van der Waals surface area contributed by atoms with E-state index in [1.54, 1.807) is 12.1 Å². The maximum Gasteiger partial charge on any atom is 2.00 e. The summed E-state index contributed by atoms with van der Waals surface area (Å²) < 4.78 is 0.821. The van der Waals surface area contributed by atoms with Gasteiger partial charge in [0.15, 0.2) is 0 Å². The molecule has 0 saturated carbocycles. The van der Waals surface area contributed by atoms with Crippen LogP contribution < -0.4 is 17.0 Å². The molecule has 0 aliphatic heterocycles. The fourth-order valence-electron chi connectivity index (χ4n) is 0.323. The van der Waals surface area contributed by atoms with E-state index in [0.717, 1.165) is 4.47 Å². The minimum atomic E-state index is 0. The third-order valence-electron chi connectivity index (χ3n) is 0.637. The van der Waals surface area contributed by atoms with E-state index in [-0.39, 0.29) is 40.0 Å². The van der Waals surface area contributed by atoms with E-state index >= 15 is 0 Å². The van der Waals surface area contributed by atoms with E-state index in [4.69, 9.17) is 11.6 Å². The van der Waals surface area contributed by atoms with Gasteiger partial charge in [0.1, 0.15) is 0 Å². The largest absolute Gasteiger partial charge is 2.00 e. The van der Waals surface area contributed by atoms with Crippen LogP contribution in [-0.4, -0.2) is 28.0 Å². The second-order valence-corrected chi connectivity index (χ2v) is 2.47. The van der Waals surface area contributed by atoms with Gasteiger partial charge in [-0.25, -0.2) is 0 Å². The topological polar surface area (TPSA) is 12.9 Å². The van der Waals surface area contributed by atoms with Crippen LogP contribution in [-0.2, 0) is 0 Å². The molecule has 1 nitrogen and oxygen atoms in total. The predicted molar refractivity (Wildman–Crippen MR) is 41.5 cm³/mol. The summed E-state index contributed by atoms with van der Waals surface area (Å²) in [6.45, 7) is 0. The average molecular weight is 296 g/mol. The Morgan fingerprint density at radius 2 is 2.10 bits per heavy atom. The van der Waals surface area contributed by atoms with Gasteiger partial charge in [-0.1, -0.05) is 26.6 Å². The van der Waals surface area contributed by atoms with Gasteiger partial charge in [0.05, 0.1) is 0 Å². The van der Waals surface area contributed by atoms with Crippen molar-refractivity contribution in [3.8, 4) is 0 Å². The summed E-state index contributed by atoms with van der Waals surface area (Å²) in [5.74, 6) is 0. The van der Waals surface area contributed by atoms with Crippen molar-refractivity contribution in [1.82, 2.24) is 4.98 Å². The predicted octanol–water partition coefficient (Wildman–Crippen LogP) is -1.08. The molecular formula is C5H2Br2ClMgN. The first kappa shape index (κ1) is 13.7. The standard InChI is InChI=1S/C5H2BrClN.BrH.Mg/c6-4-1-2-5(7)8-3-4;;/h1-2H;1H;/q-1;;+2/p-1. The molecule has 0 fully saturated rings. The normalized spacial score (nSPS) is 7.40. The molecule has 0 amide bonds.